The number of hydrogen-bond donors (Lipinski definition) is 3. The zero-order valence-electron chi connectivity index (χ0n) is 13.7. The standard InChI is InChI=1S/C17H23F2N3O2/c1-11-7-9-20-16(23)15(11)22-17(24)21-8-3-2-4-12-5-6-13(18)14(19)10-12/h5-6,10-11,15H,2-4,7-9H2,1H3,(H,20,23)(H2,21,22,24)/t11-,15-/m0/s1. The minimum atomic E-state index is -0.849. The fraction of sp³-hybridized carbons (Fsp3) is 0.529. The summed E-state index contributed by atoms with van der Waals surface area (Å²) in [5, 5.41) is 8.13. The van der Waals surface area contributed by atoms with Crippen LogP contribution in [0, 0.1) is 17.6 Å². The summed E-state index contributed by atoms with van der Waals surface area (Å²) in [6.07, 6.45) is 2.90. The van der Waals surface area contributed by atoms with Crippen LogP contribution in [0.1, 0.15) is 31.7 Å². The molecule has 132 valence electrons. The van der Waals surface area contributed by atoms with E-state index in [-0.39, 0.29) is 17.9 Å². The highest BCUT2D eigenvalue weighted by Crippen LogP contribution is 2.12. The number of rotatable bonds is 6. The third kappa shape index (κ3) is 5.18. The molecule has 3 amide bonds. The molecule has 0 unspecified atom stereocenters. The summed E-state index contributed by atoms with van der Waals surface area (Å²) >= 11 is 0. The van der Waals surface area contributed by atoms with Gasteiger partial charge in [0.25, 0.3) is 0 Å². The van der Waals surface area contributed by atoms with E-state index in [0.29, 0.717) is 25.9 Å². The van der Waals surface area contributed by atoms with E-state index in [2.05, 4.69) is 16.0 Å². The van der Waals surface area contributed by atoms with Crippen molar-refractivity contribution >= 4 is 11.9 Å². The number of benzene rings is 1. The van der Waals surface area contributed by atoms with Crippen molar-refractivity contribution in [3.05, 3.63) is 35.4 Å². The number of carbonyl (C=O) groups is 2. The van der Waals surface area contributed by atoms with Gasteiger partial charge in [-0.25, -0.2) is 13.6 Å². The van der Waals surface area contributed by atoms with Crippen LogP contribution in [0.2, 0.25) is 0 Å². The molecule has 0 saturated carbocycles. The Balaban J connectivity index is 1.64. The number of hydrogen-bond acceptors (Lipinski definition) is 2. The molecule has 1 aromatic rings. The maximum atomic E-state index is 13.1. The Bertz CT molecular complexity index is 595. The van der Waals surface area contributed by atoms with Crippen molar-refractivity contribution in [3.8, 4) is 0 Å². The lowest BCUT2D eigenvalue weighted by Gasteiger charge is -2.28. The fourth-order valence-electron chi connectivity index (χ4n) is 2.71. The Morgan fingerprint density at radius 2 is 2.08 bits per heavy atom. The van der Waals surface area contributed by atoms with Crippen molar-refractivity contribution in [2.24, 2.45) is 5.92 Å². The third-order valence-electron chi connectivity index (χ3n) is 4.20. The molecule has 0 spiro atoms. The summed E-state index contributed by atoms with van der Waals surface area (Å²) in [5.41, 5.74) is 0.728. The van der Waals surface area contributed by atoms with E-state index < -0.39 is 17.7 Å². The smallest absolute Gasteiger partial charge is 0.315 e. The lowest BCUT2D eigenvalue weighted by Crippen LogP contribution is -2.56. The lowest BCUT2D eigenvalue weighted by atomic mass is 9.94. The molecule has 1 aliphatic rings. The lowest BCUT2D eigenvalue weighted by molar-refractivity contribution is -0.125. The molecule has 0 aliphatic carbocycles. The highest BCUT2D eigenvalue weighted by atomic mass is 19.2. The quantitative estimate of drug-likeness (QED) is 0.695. The molecule has 2 atom stereocenters. The molecule has 5 nitrogen and oxygen atoms in total. The van der Waals surface area contributed by atoms with Gasteiger partial charge >= 0.3 is 6.03 Å². The summed E-state index contributed by atoms with van der Waals surface area (Å²) in [6, 6.07) is 3.00. The van der Waals surface area contributed by atoms with E-state index in [1.807, 2.05) is 6.92 Å². The Kier molecular flexibility index (Phi) is 6.52. The topological polar surface area (TPSA) is 70.2 Å². The summed E-state index contributed by atoms with van der Waals surface area (Å²) in [6.45, 7) is 3.04. The first-order valence-corrected chi connectivity index (χ1v) is 8.23. The van der Waals surface area contributed by atoms with Crippen molar-refractivity contribution in [1.29, 1.82) is 0 Å². The zero-order valence-corrected chi connectivity index (χ0v) is 13.7. The van der Waals surface area contributed by atoms with Gasteiger partial charge < -0.3 is 16.0 Å². The van der Waals surface area contributed by atoms with Gasteiger partial charge in [-0.2, -0.15) is 0 Å². The Morgan fingerprint density at radius 3 is 2.79 bits per heavy atom. The summed E-state index contributed by atoms with van der Waals surface area (Å²) in [7, 11) is 0. The van der Waals surface area contributed by atoms with E-state index in [9.17, 15) is 18.4 Å². The molecule has 1 aliphatic heterocycles. The molecular formula is C17H23F2N3O2. The molecule has 0 aromatic heterocycles. The maximum Gasteiger partial charge on any atom is 0.315 e. The van der Waals surface area contributed by atoms with Crippen molar-refractivity contribution in [1.82, 2.24) is 16.0 Å². The maximum absolute atomic E-state index is 13.1. The summed E-state index contributed by atoms with van der Waals surface area (Å²) < 4.78 is 25.9. The number of urea groups is 1. The van der Waals surface area contributed by atoms with Crippen LogP contribution in [0.15, 0.2) is 18.2 Å². The highest BCUT2D eigenvalue weighted by molar-refractivity contribution is 5.87. The molecule has 3 N–H and O–H groups in total. The minimum Gasteiger partial charge on any atom is -0.354 e. The molecule has 24 heavy (non-hydrogen) atoms. The minimum absolute atomic E-state index is 0.109. The molecule has 0 bridgehead atoms. The third-order valence-corrected chi connectivity index (χ3v) is 4.20. The highest BCUT2D eigenvalue weighted by Gasteiger charge is 2.29. The first-order valence-electron chi connectivity index (χ1n) is 8.23. The molecule has 0 radical (unpaired) electrons. The average Bonchev–Trinajstić information content (AvgIpc) is 2.54. The van der Waals surface area contributed by atoms with Gasteiger partial charge in [-0.3, -0.25) is 4.79 Å². The van der Waals surface area contributed by atoms with Crippen LogP contribution in [-0.4, -0.2) is 31.1 Å². The van der Waals surface area contributed by atoms with Crippen LogP contribution in [0.5, 0.6) is 0 Å². The summed E-state index contributed by atoms with van der Waals surface area (Å²) in [5.74, 6) is -1.73. The number of carbonyl (C=O) groups excluding carboxylic acids is 2. The monoisotopic (exact) mass is 339 g/mol. The molecular weight excluding hydrogens is 316 g/mol. The fourth-order valence-corrected chi connectivity index (χ4v) is 2.71. The normalized spacial score (nSPS) is 20.4. The SMILES string of the molecule is C[C@H]1CCNC(=O)[C@H]1NC(=O)NCCCCc1ccc(F)c(F)c1. The second-order valence-corrected chi connectivity index (χ2v) is 6.14. The molecule has 1 saturated heterocycles. The van der Waals surface area contributed by atoms with Gasteiger partial charge in [-0.05, 0) is 49.3 Å². The molecule has 1 fully saturated rings. The predicted molar refractivity (Wildman–Crippen MR) is 86.4 cm³/mol. The van der Waals surface area contributed by atoms with Gasteiger partial charge in [0.15, 0.2) is 11.6 Å². The van der Waals surface area contributed by atoms with Crippen molar-refractivity contribution < 1.29 is 18.4 Å². The van der Waals surface area contributed by atoms with Crippen molar-refractivity contribution in [2.75, 3.05) is 13.1 Å². The van der Waals surface area contributed by atoms with Crippen molar-refractivity contribution in [3.63, 3.8) is 0 Å². The van der Waals surface area contributed by atoms with Crippen LogP contribution < -0.4 is 16.0 Å². The number of halogens is 2. The van der Waals surface area contributed by atoms with Gasteiger partial charge in [0.05, 0.1) is 0 Å². The van der Waals surface area contributed by atoms with Crippen LogP contribution in [0.25, 0.3) is 0 Å². The Labute approximate surface area is 140 Å². The molecule has 7 heteroatoms. The van der Waals surface area contributed by atoms with Gasteiger partial charge in [-0.1, -0.05) is 13.0 Å². The number of unbranched alkanes of at least 4 members (excludes halogenated alkanes) is 1. The number of aryl methyl sites for hydroxylation is 1. The largest absolute Gasteiger partial charge is 0.354 e. The second-order valence-electron chi connectivity index (χ2n) is 6.14. The van der Waals surface area contributed by atoms with E-state index in [1.54, 1.807) is 6.07 Å². The second kappa shape index (κ2) is 8.61. The number of nitrogens with one attached hydrogen (secondary N) is 3. The average molecular weight is 339 g/mol. The van der Waals surface area contributed by atoms with Crippen LogP contribution in [-0.2, 0) is 11.2 Å². The molecule has 1 heterocycles. The zero-order chi connectivity index (χ0) is 17.5. The van der Waals surface area contributed by atoms with Crippen LogP contribution >= 0.6 is 0 Å². The predicted octanol–water partition coefficient (Wildman–Crippen LogP) is 2.11. The van der Waals surface area contributed by atoms with Crippen LogP contribution in [0.3, 0.4) is 0 Å². The van der Waals surface area contributed by atoms with Crippen LogP contribution in [0.4, 0.5) is 13.6 Å². The number of piperidine rings is 1. The first-order chi connectivity index (χ1) is 11.5. The summed E-state index contributed by atoms with van der Waals surface area (Å²) in [4.78, 5) is 23.5. The Hall–Kier alpha value is -2.18. The van der Waals surface area contributed by atoms with Gasteiger partial charge in [0, 0.05) is 13.1 Å². The van der Waals surface area contributed by atoms with E-state index >= 15 is 0 Å². The molecule has 2 rings (SSSR count). The van der Waals surface area contributed by atoms with E-state index in [0.717, 1.165) is 24.5 Å². The van der Waals surface area contributed by atoms with E-state index in [1.165, 1.54) is 6.07 Å². The molecule has 1 aromatic carbocycles. The van der Waals surface area contributed by atoms with Crippen molar-refractivity contribution in [2.45, 2.75) is 38.6 Å². The van der Waals surface area contributed by atoms with Gasteiger partial charge in [0.2, 0.25) is 5.91 Å². The number of amides is 3. The first kappa shape index (κ1) is 18.2. The van der Waals surface area contributed by atoms with Gasteiger partial charge in [-0.15, -0.1) is 0 Å². The van der Waals surface area contributed by atoms with Gasteiger partial charge in [0.1, 0.15) is 6.04 Å². The Morgan fingerprint density at radius 1 is 1.29 bits per heavy atom. The van der Waals surface area contributed by atoms with E-state index in [4.69, 9.17) is 0 Å².